The SMILES string of the molecule is COCCNC(=O)CN1CCN(C(=O)C2CCCC(N)C2)CC1. The molecule has 2 fully saturated rings. The Bertz CT molecular complexity index is 397. The number of carbonyl (C=O) groups is 2. The van der Waals surface area contributed by atoms with Gasteiger partial charge in [0, 0.05) is 51.8 Å². The Hall–Kier alpha value is -1.18. The summed E-state index contributed by atoms with van der Waals surface area (Å²) in [4.78, 5) is 28.4. The molecule has 0 aromatic heterocycles. The molecule has 0 aromatic rings. The van der Waals surface area contributed by atoms with Crippen molar-refractivity contribution in [3.05, 3.63) is 0 Å². The standard InChI is InChI=1S/C16H30N4O3/c1-23-10-5-18-15(21)12-19-6-8-20(9-7-19)16(22)13-3-2-4-14(17)11-13/h13-14H,2-12,17H2,1H3,(H,18,21). The molecule has 132 valence electrons. The smallest absolute Gasteiger partial charge is 0.234 e. The molecule has 0 bridgehead atoms. The number of carbonyl (C=O) groups excluding carboxylic acids is 2. The zero-order valence-electron chi connectivity index (χ0n) is 14.1. The molecule has 1 aliphatic carbocycles. The number of amides is 2. The second kappa shape index (κ2) is 9.20. The van der Waals surface area contributed by atoms with Crippen LogP contribution in [0.5, 0.6) is 0 Å². The zero-order chi connectivity index (χ0) is 16.7. The lowest BCUT2D eigenvalue weighted by Gasteiger charge is -2.37. The van der Waals surface area contributed by atoms with Crippen LogP contribution in [0.4, 0.5) is 0 Å². The zero-order valence-corrected chi connectivity index (χ0v) is 14.1. The molecule has 0 radical (unpaired) electrons. The summed E-state index contributed by atoms with van der Waals surface area (Å²) in [6.45, 7) is 4.36. The van der Waals surface area contributed by atoms with Crippen molar-refractivity contribution in [2.24, 2.45) is 11.7 Å². The summed E-state index contributed by atoms with van der Waals surface area (Å²) in [5.41, 5.74) is 5.99. The van der Waals surface area contributed by atoms with Gasteiger partial charge in [0.15, 0.2) is 0 Å². The predicted molar refractivity (Wildman–Crippen MR) is 87.8 cm³/mol. The van der Waals surface area contributed by atoms with E-state index in [9.17, 15) is 9.59 Å². The Balaban J connectivity index is 1.69. The van der Waals surface area contributed by atoms with Crippen LogP contribution < -0.4 is 11.1 Å². The van der Waals surface area contributed by atoms with Crippen LogP contribution >= 0.6 is 0 Å². The minimum absolute atomic E-state index is 0.0140. The van der Waals surface area contributed by atoms with Gasteiger partial charge in [-0.15, -0.1) is 0 Å². The largest absolute Gasteiger partial charge is 0.383 e. The van der Waals surface area contributed by atoms with E-state index in [2.05, 4.69) is 10.2 Å². The Kier molecular flexibility index (Phi) is 7.26. The van der Waals surface area contributed by atoms with Crippen molar-refractivity contribution >= 4 is 11.8 Å². The number of hydrogen-bond donors (Lipinski definition) is 2. The first-order valence-corrected chi connectivity index (χ1v) is 8.62. The van der Waals surface area contributed by atoms with Crippen molar-refractivity contribution in [3.8, 4) is 0 Å². The maximum absolute atomic E-state index is 12.6. The highest BCUT2D eigenvalue weighted by molar-refractivity contribution is 5.79. The monoisotopic (exact) mass is 326 g/mol. The summed E-state index contributed by atoms with van der Waals surface area (Å²) in [6.07, 6.45) is 3.88. The van der Waals surface area contributed by atoms with E-state index >= 15 is 0 Å². The lowest BCUT2D eigenvalue weighted by molar-refractivity contribution is -0.138. The Morgan fingerprint density at radius 3 is 2.61 bits per heavy atom. The van der Waals surface area contributed by atoms with E-state index in [0.717, 1.165) is 38.8 Å². The molecule has 7 nitrogen and oxygen atoms in total. The fourth-order valence-electron chi connectivity index (χ4n) is 3.39. The minimum Gasteiger partial charge on any atom is -0.383 e. The molecule has 0 aromatic carbocycles. The van der Waals surface area contributed by atoms with Crippen LogP contribution in [0.3, 0.4) is 0 Å². The fourth-order valence-corrected chi connectivity index (χ4v) is 3.39. The van der Waals surface area contributed by atoms with Crippen LogP contribution in [0.15, 0.2) is 0 Å². The van der Waals surface area contributed by atoms with Crippen LogP contribution in [0, 0.1) is 5.92 Å². The van der Waals surface area contributed by atoms with E-state index in [-0.39, 0.29) is 23.8 Å². The lowest BCUT2D eigenvalue weighted by atomic mass is 9.85. The third-order valence-corrected chi connectivity index (χ3v) is 4.74. The van der Waals surface area contributed by atoms with Gasteiger partial charge in [-0.05, 0) is 19.3 Å². The summed E-state index contributed by atoms with van der Waals surface area (Å²) in [6, 6.07) is 0.176. The summed E-state index contributed by atoms with van der Waals surface area (Å²) in [7, 11) is 1.61. The van der Waals surface area contributed by atoms with Gasteiger partial charge in [0.05, 0.1) is 13.2 Å². The molecule has 2 unspecified atom stereocenters. The molecule has 0 spiro atoms. The Labute approximate surface area is 138 Å². The van der Waals surface area contributed by atoms with E-state index in [1.807, 2.05) is 4.90 Å². The van der Waals surface area contributed by atoms with E-state index < -0.39 is 0 Å². The van der Waals surface area contributed by atoms with Crippen molar-refractivity contribution in [1.29, 1.82) is 0 Å². The molecular formula is C16H30N4O3. The molecular weight excluding hydrogens is 296 g/mol. The molecule has 7 heteroatoms. The molecule has 2 amide bonds. The maximum atomic E-state index is 12.6. The topological polar surface area (TPSA) is 87.9 Å². The molecule has 1 aliphatic heterocycles. The number of nitrogens with one attached hydrogen (secondary N) is 1. The highest BCUT2D eigenvalue weighted by Crippen LogP contribution is 2.25. The summed E-state index contributed by atoms with van der Waals surface area (Å²) >= 11 is 0. The number of rotatable bonds is 6. The molecule has 1 saturated heterocycles. The molecule has 2 aliphatic rings. The molecule has 1 saturated carbocycles. The van der Waals surface area contributed by atoms with Gasteiger partial charge in [0.1, 0.15) is 0 Å². The number of hydrogen-bond acceptors (Lipinski definition) is 5. The highest BCUT2D eigenvalue weighted by atomic mass is 16.5. The van der Waals surface area contributed by atoms with Gasteiger partial charge in [-0.25, -0.2) is 0 Å². The van der Waals surface area contributed by atoms with Crippen molar-refractivity contribution < 1.29 is 14.3 Å². The fraction of sp³-hybridized carbons (Fsp3) is 0.875. The molecule has 2 atom stereocenters. The Morgan fingerprint density at radius 1 is 1.22 bits per heavy atom. The van der Waals surface area contributed by atoms with Crippen LogP contribution in [0.1, 0.15) is 25.7 Å². The molecule has 1 heterocycles. The van der Waals surface area contributed by atoms with Gasteiger partial charge >= 0.3 is 0 Å². The van der Waals surface area contributed by atoms with Crippen LogP contribution in [0.25, 0.3) is 0 Å². The van der Waals surface area contributed by atoms with Gasteiger partial charge in [-0.3, -0.25) is 14.5 Å². The van der Waals surface area contributed by atoms with Gasteiger partial charge in [-0.2, -0.15) is 0 Å². The van der Waals surface area contributed by atoms with Crippen molar-refractivity contribution in [2.75, 3.05) is 53.0 Å². The van der Waals surface area contributed by atoms with E-state index in [1.54, 1.807) is 7.11 Å². The molecule has 2 rings (SSSR count). The Morgan fingerprint density at radius 2 is 1.96 bits per heavy atom. The number of methoxy groups -OCH3 is 1. The van der Waals surface area contributed by atoms with Crippen molar-refractivity contribution in [2.45, 2.75) is 31.7 Å². The van der Waals surface area contributed by atoms with Gasteiger partial charge in [-0.1, -0.05) is 6.42 Å². The van der Waals surface area contributed by atoms with Crippen LogP contribution in [0.2, 0.25) is 0 Å². The summed E-state index contributed by atoms with van der Waals surface area (Å²) < 4.78 is 4.91. The number of ether oxygens (including phenoxy) is 1. The quantitative estimate of drug-likeness (QED) is 0.637. The molecule has 3 N–H and O–H groups in total. The predicted octanol–water partition coefficient (Wildman–Crippen LogP) is -0.589. The second-order valence-corrected chi connectivity index (χ2v) is 6.57. The normalized spacial score (nSPS) is 26.1. The average Bonchev–Trinajstić information content (AvgIpc) is 2.55. The first-order chi connectivity index (χ1) is 11.1. The van der Waals surface area contributed by atoms with E-state index in [4.69, 9.17) is 10.5 Å². The third kappa shape index (κ3) is 5.75. The maximum Gasteiger partial charge on any atom is 0.234 e. The first kappa shape index (κ1) is 18.2. The van der Waals surface area contributed by atoms with Gasteiger partial charge < -0.3 is 20.7 Å². The third-order valence-electron chi connectivity index (χ3n) is 4.74. The summed E-state index contributed by atoms with van der Waals surface area (Å²) in [5, 5.41) is 2.82. The average molecular weight is 326 g/mol. The van der Waals surface area contributed by atoms with Crippen molar-refractivity contribution in [1.82, 2.24) is 15.1 Å². The number of nitrogens with two attached hydrogens (primary N) is 1. The molecule has 23 heavy (non-hydrogen) atoms. The number of nitrogens with zero attached hydrogens (tertiary/aromatic N) is 2. The van der Waals surface area contributed by atoms with E-state index in [0.29, 0.717) is 32.8 Å². The minimum atomic E-state index is 0.0140. The van der Waals surface area contributed by atoms with Gasteiger partial charge in [0.2, 0.25) is 11.8 Å². The van der Waals surface area contributed by atoms with E-state index in [1.165, 1.54) is 0 Å². The van der Waals surface area contributed by atoms with Gasteiger partial charge in [0.25, 0.3) is 0 Å². The lowest BCUT2D eigenvalue weighted by Crippen LogP contribution is -2.53. The highest BCUT2D eigenvalue weighted by Gasteiger charge is 2.30. The number of piperazine rings is 1. The first-order valence-electron chi connectivity index (χ1n) is 8.62. The van der Waals surface area contributed by atoms with Crippen molar-refractivity contribution in [3.63, 3.8) is 0 Å². The summed E-state index contributed by atoms with van der Waals surface area (Å²) in [5.74, 6) is 0.368. The second-order valence-electron chi connectivity index (χ2n) is 6.57. The van der Waals surface area contributed by atoms with Crippen LogP contribution in [-0.2, 0) is 14.3 Å². The van der Waals surface area contributed by atoms with Crippen LogP contribution in [-0.4, -0.2) is 80.6 Å².